The summed E-state index contributed by atoms with van der Waals surface area (Å²) in [6.45, 7) is 1.22. The van der Waals surface area contributed by atoms with Crippen molar-refractivity contribution in [3.8, 4) is 0 Å². The van der Waals surface area contributed by atoms with E-state index in [-0.39, 0.29) is 0 Å². The number of alkyl halides is 4. The fourth-order valence-corrected chi connectivity index (χ4v) is 0.415. The van der Waals surface area contributed by atoms with E-state index in [4.69, 9.17) is 11.6 Å². The molecule has 0 saturated heterocycles. The molecule has 0 rings (SSSR count). The SMILES string of the molecule is CC(Cl)C(=O)CC(F)(F)F. The van der Waals surface area contributed by atoms with E-state index in [9.17, 15) is 18.0 Å². The lowest BCUT2D eigenvalue weighted by molar-refractivity contribution is -0.151. The summed E-state index contributed by atoms with van der Waals surface area (Å²) in [6, 6.07) is 0. The first-order valence-corrected chi connectivity index (χ1v) is 3.00. The maximum atomic E-state index is 11.4. The number of carbonyl (C=O) groups is 1. The lowest BCUT2D eigenvalue weighted by Gasteiger charge is -2.05. The monoisotopic (exact) mass is 174 g/mol. The van der Waals surface area contributed by atoms with Gasteiger partial charge in [-0.3, -0.25) is 4.79 Å². The summed E-state index contributed by atoms with van der Waals surface area (Å²) in [6.07, 6.45) is -5.86. The molecule has 0 spiro atoms. The minimum Gasteiger partial charge on any atom is -0.298 e. The highest BCUT2D eigenvalue weighted by Crippen LogP contribution is 2.21. The molecule has 0 bridgehead atoms. The molecule has 0 amide bonds. The van der Waals surface area contributed by atoms with Gasteiger partial charge in [-0.1, -0.05) is 0 Å². The van der Waals surface area contributed by atoms with Gasteiger partial charge in [-0.05, 0) is 6.92 Å². The normalized spacial score (nSPS) is 14.9. The fourth-order valence-electron chi connectivity index (χ4n) is 0.338. The third-order valence-electron chi connectivity index (χ3n) is 0.818. The second kappa shape index (κ2) is 3.23. The van der Waals surface area contributed by atoms with E-state index in [0.29, 0.717) is 0 Å². The molecule has 0 N–H and O–H groups in total. The Bertz CT molecular complexity index is 129. The summed E-state index contributed by atoms with van der Waals surface area (Å²) < 4.78 is 34.2. The third-order valence-corrected chi connectivity index (χ3v) is 1.06. The maximum Gasteiger partial charge on any atom is 0.395 e. The molecular weight excluding hydrogens is 169 g/mol. The lowest BCUT2D eigenvalue weighted by atomic mass is 10.2. The standard InChI is InChI=1S/C5H6ClF3O/c1-3(6)4(10)2-5(7,8)9/h3H,2H2,1H3. The minimum atomic E-state index is -4.43. The van der Waals surface area contributed by atoms with Gasteiger partial charge in [0.25, 0.3) is 0 Å². The number of hydrogen-bond acceptors (Lipinski definition) is 1. The smallest absolute Gasteiger partial charge is 0.298 e. The molecule has 1 nitrogen and oxygen atoms in total. The predicted octanol–water partition coefficient (Wildman–Crippen LogP) is 2.14. The molecule has 0 saturated carbocycles. The van der Waals surface area contributed by atoms with Gasteiger partial charge in [-0.15, -0.1) is 11.6 Å². The predicted molar refractivity (Wildman–Crippen MR) is 31.0 cm³/mol. The zero-order valence-electron chi connectivity index (χ0n) is 5.20. The highest BCUT2D eigenvalue weighted by Gasteiger charge is 2.32. The van der Waals surface area contributed by atoms with E-state index in [1.54, 1.807) is 0 Å². The zero-order valence-corrected chi connectivity index (χ0v) is 5.96. The molecule has 0 aromatic rings. The van der Waals surface area contributed by atoms with Crippen molar-refractivity contribution < 1.29 is 18.0 Å². The highest BCUT2D eigenvalue weighted by molar-refractivity contribution is 6.30. The number of rotatable bonds is 2. The molecule has 1 unspecified atom stereocenters. The van der Waals surface area contributed by atoms with Crippen LogP contribution in [0.25, 0.3) is 0 Å². The van der Waals surface area contributed by atoms with Crippen molar-refractivity contribution >= 4 is 17.4 Å². The molecule has 1 atom stereocenters. The molecule has 0 heterocycles. The van der Waals surface area contributed by atoms with Crippen LogP contribution in [0.4, 0.5) is 13.2 Å². The summed E-state index contributed by atoms with van der Waals surface area (Å²) in [5.74, 6) is -0.992. The molecule has 0 fully saturated rings. The number of halogens is 4. The minimum absolute atomic E-state index is 0.992. The van der Waals surface area contributed by atoms with Crippen LogP contribution in [0.3, 0.4) is 0 Å². The quantitative estimate of drug-likeness (QED) is 0.586. The number of ketones is 1. The first-order chi connectivity index (χ1) is 4.33. The number of carbonyl (C=O) groups excluding carboxylic acids is 1. The average molecular weight is 175 g/mol. The van der Waals surface area contributed by atoms with Crippen LogP contribution in [0.5, 0.6) is 0 Å². The third kappa shape index (κ3) is 4.61. The van der Waals surface area contributed by atoms with Crippen molar-refractivity contribution in [2.75, 3.05) is 0 Å². The van der Waals surface area contributed by atoms with Crippen LogP contribution in [-0.2, 0) is 4.79 Å². The molecular formula is C5H6ClF3O. The summed E-state index contributed by atoms with van der Waals surface area (Å²) in [4.78, 5) is 10.3. The van der Waals surface area contributed by atoms with Gasteiger partial charge in [-0.25, -0.2) is 0 Å². The topological polar surface area (TPSA) is 17.1 Å². The fraction of sp³-hybridized carbons (Fsp3) is 0.800. The van der Waals surface area contributed by atoms with E-state index in [1.165, 1.54) is 6.92 Å². The van der Waals surface area contributed by atoms with Gasteiger partial charge in [0.05, 0.1) is 5.38 Å². The highest BCUT2D eigenvalue weighted by atomic mass is 35.5. The van der Waals surface area contributed by atoms with Crippen LogP contribution in [0.1, 0.15) is 13.3 Å². The van der Waals surface area contributed by atoms with Gasteiger partial charge in [-0.2, -0.15) is 13.2 Å². The Morgan fingerprint density at radius 3 is 2.10 bits per heavy atom. The molecule has 0 aliphatic rings. The molecule has 0 aliphatic heterocycles. The summed E-state index contributed by atoms with van der Waals surface area (Å²) in [7, 11) is 0. The van der Waals surface area contributed by atoms with E-state index >= 15 is 0 Å². The van der Waals surface area contributed by atoms with Gasteiger partial charge in [0, 0.05) is 0 Å². The van der Waals surface area contributed by atoms with E-state index in [1.807, 2.05) is 0 Å². The Balaban J connectivity index is 3.81. The van der Waals surface area contributed by atoms with Crippen LogP contribution in [0, 0.1) is 0 Å². The van der Waals surface area contributed by atoms with Crippen LogP contribution in [-0.4, -0.2) is 17.3 Å². The van der Waals surface area contributed by atoms with Crippen molar-refractivity contribution in [1.29, 1.82) is 0 Å². The number of hydrogen-bond donors (Lipinski definition) is 0. The molecule has 0 radical (unpaired) electrons. The zero-order chi connectivity index (χ0) is 8.36. The Hall–Kier alpha value is -0.250. The van der Waals surface area contributed by atoms with Crippen molar-refractivity contribution in [2.24, 2.45) is 0 Å². The largest absolute Gasteiger partial charge is 0.395 e. The first kappa shape index (κ1) is 9.75. The molecule has 60 valence electrons. The summed E-state index contributed by atoms with van der Waals surface area (Å²) in [5.41, 5.74) is 0. The average Bonchev–Trinajstić information content (AvgIpc) is 1.60. The molecule has 0 aromatic carbocycles. The summed E-state index contributed by atoms with van der Waals surface area (Å²) >= 11 is 5.08. The first-order valence-electron chi connectivity index (χ1n) is 2.56. The van der Waals surface area contributed by atoms with E-state index in [0.717, 1.165) is 0 Å². The van der Waals surface area contributed by atoms with Crippen molar-refractivity contribution in [1.82, 2.24) is 0 Å². The van der Waals surface area contributed by atoms with Gasteiger partial charge >= 0.3 is 6.18 Å². The molecule has 5 heteroatoms. The second-order valence-electron chi connectivity index (χ2n) is 1.87. The Labute approximate surface area is 61.2 Å². The Morgan fingerprint density at radius 2 is 2.00 bits per heavy atom. The van der Waals surface area contributed by atoms with Crippen LogP contribution < -0.4 is 0 Å². The second-order valence-corrected chi connectivity index (χ2v) is 2.53. The summed E-state index contributed by atoms with van der Waals surface area (Å²) in [5, 5.41) is -1.05. The van der Waals surface area contributed by atoms with Gasteiger partial charge in [0.2, 0.25) is 0 Å². The van der Waals surface area contributed by atoms with Crippen LogP contribution in [0.15, 0.2) is 0 Å². The van der Waals surface area contributed by atoms with E-state index in [2.05, 4.69) is 0 Å². The lowest BCUT2D eigenvalue weighted by Crippen LogP contribution is -2.20. The molecule has 0 aliphatic carbocycles. The Kier molecular flexibility index (Phi) is 3.15. The maximum absolute atomic E-state index is 11.4. The number of Topliss-reactive ketones (excluding diaryl/α,β-unsaturated/α-hetero) is 1. The molecule has 0 aromatic heterocycles. The van der Waals surface area contributed by atoms with E-state index < -0.39 is 23.8 Å². The van der Waals surface area contributed by atoms with Crippen LogP contribution in [0.2, 0.25) is 0 Å². The molecule has 10 heavy (non-hydrogen) atoms. The Morgan fingerprint density at radius 1 is 1.60 bits per heavy atom. The van der Waals surface area contributed by atoms with Crippen molar-refractivity contribution in [3.05, 3.63) is 0 Å². The van der Waals surface area contributed by atoms with Gasteiger partial charge < -0.3 is 0 Å². The van der Waals surface area contributed by atoms with Gasteiger partial charge in [0.1, 0.15) is 6.42 Å². The van der Waals surface area contributed by atoms with Gasteiger partial charge in [0.15, 0.2) is 5.78 Å². The van der Waals surface area contributed by atoms with Crippen molar-refractivity contribution in [2.45, 2.75) is 24.9 Å². The van der Waals surface area contributed by atoms with Crippen LogP contribution >= 0.6 is 11.6 Å². The van der Waals surface area contributed by atoms with Crippen molar-refractivity contribution in [3.63, 3.8) is 0 Å².